The predicted octanol–water partition coefficient (Wildman–Crippen LogP) is 3.68. The van der Waals surface area contributed by atoms with Gasteiger partial charge in [-0.05, 0) is 19.3 Å². The number of aromatic nitrogens is 1. The van der Waals surface area contributed by atoms with Crippen molar-refractivity contribution in [2.24, 2.45) is 0 Å². The van der Waals surface area contributed by atoms with Crippen LogP contribution in [0.25, 0.3) is 0 Å². The molecule has 1 saturated heterocycles. The third-order valence-corrected chi connectivity index (χ3v) is 6.46. The molecule has 1 aromatic heterocycles. The quantitative estimate of drug-likeness (QED) is 0.863. The summed E-state index contributed by atoms with van der Waals surface area (Å²) in [6.45, 7) is 10.2. The number of nitrogens with zero attached hydrogens (tertiary/aromatic N) is 2. The van der Waals surface area contributed by atoms with E-state index >= 15 is 0 Å². The summed E-state index contributed by atoms with van der Waals surface area (Å²) in [5.41, 5.74) is 1.34. The number of thioether (sulfide) groups is 1. The molecule has 1 aromatic rings. The van der Waals surface area contributed by atoms with E-state index < -0.39 is 0 Å². The molecule has 2 aliphatic rings. The highest BCUT2D eigenvalue weighted by Crippen LogP contribution is 2.33. The molecule has 0 amide bonds. The van der Waals surface area contributed by atoms with Crippen molar-refractivity contribution >= 4 is 28.2 Å². The zero-order valence-electron chi connectivity index (χ0n) is 13.4. The minimum Gasteiger partial charge on any atom is -0.346 e. The first-order chi connectivity index (χ1) is 10.2. The molecule has 2 heterocycles. The SMILES string of the molecule is CCCc1nc(N2CC(C)SC(C)C2)sc1CNC1CC1. The van der Waals surface area contributed by atoms with Gasteiger partial charge in [0.25, 0.3) is 0 Å². The molecule has 118 valence electrons. The van der Waals surface area contributed by atoms with Crippen LogP contribution in [0.5, 0.6) is 0 Å². The van der Waals surface area contributed by atoms with E-state index in [1.54, 1.807) is 0 Å². The molecular weight excluding hydrogens is 298 g/mol. The Hall–Kier alpha value is -0.260. The van der Waals surface area contributed by atoms with Crippen molar-refractivity contribution in [3.8, 4) is 0 Å². The summed E-state index contributed by atoms with van der Waals surface area (Å²) in [5, 5.41) is 6.33. The van der Waals surface area contributed by atoms with E-state index in [0.717, 1.165) is 32.1 Å². The Balaban J connectivity index is 1.72. The van der Waals surface area contributed by atoms with Crippen LogP contribution in [0.3, 0.4) is 0 Å². The third-order valence-electron chi connectivity index (χ3n) is 4.07. The number of aryl methyl sites for hydroxylation is 1. The van der Waals surface area contributed by atoms with Crippen LogP contribution in [-0.2, 0) is 13.0 Å². The van der Waals surface area contributed by atoms with Gasteiger partial charge in [0.1, 0.15) is 0 Å². The lowest BCUT2D eigenvalue weighted by atomic mass is 10.2. The molecule has 0 radical (unpaired) electrons. The average Bonchev–Trinajstić information content (AvgIpc) is 3.17. The lowest BCUT2D eigenvalue weighted by Crippen LogP contribution is -2.40. The minimum atomic E-state index is 0.709. The van der Waals surface area contributed by atoms with Crippen molar-refractivity contribution in [1.29, 1.82) is 0 Å². The van der Waals surface area contributed by atoms with Crippen LogP contribution in [0, 0.1) is 0 Å². The monoisotopic (exact) mass is 325 g/mol. The van der Waals surface area contributed by atoms with Crippen molar-refractivity contribution < 1.29 is 0 Å². The van der Waals surface area contributed by atoms with E-state index in [9.17, 15) is 0 Å². The van der Waals surface area contributed by atoms with E-state index in [1.807, 2.05) is 11.3 Å². The highest BCUT2D eigenvalue weighted by atomic mass is 32.2. The summed E-state index contributed by atoms with van der Waals surface area (Å²) in [7, 11) is 0. The number of nitrogens with one attached hydrogen (secondary N) is 1. The van der Waals surface area contributed by atoms with Gasteiger partial charge in [-0.1, -0.05) is 27.2 Å². The Labute approximate surface area is 136 Å². The Kier molecular flexibility index (Phi) is 5.12. The van der Waals surface area contributed by atoms with Gasteiger partial charge < -0.3 is 10.2 Å². The van der Waals surface area contributed by atoms with Crippen LogP contribution >= 0.6 is 23.1 Å². The van der Waals surface area contributed by atoms with Gasteiger partial charge in [-0.2, -0.15) is 11.8 Å². The predicted molar refractivity (Wildman–Crippen MR) is 94.7 cm³/mol. The maximum absolute atomic E-state index is 4.99. The third kappa shape index (κ3) is 4.14. The molecule has 1 aliphatic heterocycles. The van der Waals surface area contributed by atoms with Gasteiger partial charge in [-0.3, -0.25) is 0 Å². The van der Waals surface area contributed by atoms with Crippen LogP contribution in [0.1, 0.15) is 50.6 Å². The summed E-state index contributed by atoms with van der Waals surface area (Å²) in [6.07, 6.45) is 5.01. The molecular formula is C16H27N3S2. The Morgan fingerprint density at radius 3 is 2.57 bits per heavy atom. The van der Waals surface area contributed by atoms with Crippen LogP contribution in [0.2, 0.25) is 0 Å². The second kappa shape index (κ2) is 6.88. The fourth-order valence-corrected chi connectivity index (χ4v) is 5.33. The molecule has 2 atom stereocenters. The maximum atomic E-state index is 4.99. The maximum Gasteiger partial charge on any atom is 0.185 e. The first-order valence-corrected chi connectivity index (χ1v) is 10.0. The molecule has 0 bridgehead atoms. The smallest absolute Gasteiger partial charge is 0.185 e. The van der Waals surface area contributed by atoms with E-state index in [0.29, 0.717) is 10.5 Å². The van der Waals surface area contributed by atoms with E-state index in [4.69, 9.17) is 4.98 Å². The number of anilines is 1. The fourth-order valence-electron chi connectivity index (χ4n) is 2.93. The summed E-state index contributed by atoms with van der Waals surface area (Å²) >= 11 is 4.03. The van der Waals surface area contributed by atoms with E-state index in [2.05, 4.69) is 42.7 Å². The highest BCUT2D eigenvalue weighted by molar-refractivity contribution is 8.00. The molecule has 1 saturated carbocycles. The van der Waals surface area contributed by atoms with Crippen LogP contribution in [-0.4, -0.2) is 34.6 Å². The van der Waals surface area contributed by atoms with Crippen molar-refractivity contribution in [1.82, 2.24) is 10.3 Å². The van der Waals surface area contributed by atoms with Crippen molar-refractivity contribution in [3.05, 3.63) is 10.6 Å². The van der Waals surface area contributed by atoms with Gasteiger partial charge in [0, 0.05) is 41.1 Å². The summed E-state index contributed by atoms with van der Waals surface area (Å²) in [5.74, 6) is 0. The standard InChI is InChI=1S/C16H27N3S2/c1-4-5-14-15(8-17-13-6-7-13)21-16(18-14)19-9-11(2)20-12(3)10-19/h11-13,17H,4-10H2,1-3H3. The average molecular weight is 326 g/mol. The van der Waals surface area contributed by atoms with Crippen LogP contribution < -0.4 is 10.2 Å². The normalized spacial score (nSPS) is 26.3. The number of hydrogen-bond donors (Lipinski definition) is 1. The van der Waals surface area contributed by atoms with Gasteiger partial charge in [-0.15, -0.1) is 11.3 Å². The molecule has 3 nitrogen and oxygen atoms in total. The molecule has 5 heteroatoms. The molecule has 2 fully saturated rings. The number of hydrogen-bond acceptors (Lipinski definition) is 5. The Bertz CT molecular complexity index is 460. The van der Waals surface area contributed by atoms with Crippen molar-refractivity contribution in [2.45, 2.75) is 69.5 Å². The van der Waals surface area contributed by atoms with Gasteiger partial charge in [0.2, 0.25) is 0 Å². The molecule has 0 spiro atoms. The summed E-state index contributed by atoms with van der Waals surface area (Å²) in [6, 6.07) is 0.774. The molecule has 2 unspecified atom stereocenters. The first kappa shape index (κ1) is 15.6. The topological polar surface area (TPSA) is 28.2 Å². The molecule has 1 N–H and O–H groups in total. The summed E-state index contributed by atoms with van der Waals surface area (Å²) < 4.78 is 0. The minimum absolute atomic E-state index is 0.709. The van der Waals surface area contributed by atoms with Gasteiger partial charge in [-0.25, -0.2) is 4.98 Å². The lowest BCUT2D eigenvalue weighted by Gasteiger charge is -2.34. The summed E-state index contributed by atoms with van der Waals surface area (Å²) in [4.78, 5) is 8.97. The van der Waals surface area contributed by atoms with Crippen molar-refractivity contribution in [3.63, 3.8) is 0 Å². The zero-order valence-corrected chi connectivity index (χ0v) is 15.0. The molecule has 1 aliphatic carbocycles. The molecule has 21 heavy (non-hydrogen) atoms. The number of thiazole rings is 1. The van der Waals surface area contributed by atoms with Gasteiger partial charge in [0.15, 0.2) is 5.13 Å². The Morgan fingerprint density at radius 1 is 1.24 bits per heavy atom. The second-order valence-electron chi connectivity index (χ2n) is 6.43. The van der Waals surface area contributed by atoms with Gasteiger partial charge in [0.05, 0.1) is 5.69 Å². The molecule has 3 rings (SSSR count). The number of rotatable bonds is 6. The van der Waals surface area contributed by atoms with Crippen molar-refractivity contribution in [2.75, 3.05) is 18.0 Å². The molecule has 0 aromatic carbocycles. The van der Waals surface area contributed by atoms with Crippen LogP contribution in [0.4, 0.5) is 5.13 Å². The van der Waals surface area contributed by atoms with Crippen LogP contribution in [0.15, 0.2) is 0 Å². The Morgan fingerprint density at radius 2 is 1.95 bits per heavy atom. The first-order valence-electron chi connectivity index (χ1n) is 8.28. The largest absolute Gasteiger partial charge is 0.346 e. The van der Waals surface area contributed by atoms with E-state index in [1.165, 1.54) is 35.0 Å². The lowest BCUT2D eigenvalue weighted by molar-refractivity contribution is 0.685. The fraction of sp³-hybridized carbons (Fsp3) is 0.812. The van der Waals surface area contributed by atoms with E-state index in [-0.39, 0.29) is 0 Å². The van der Waals surface area contributed by atoms with Gasteiger partial charge >= 0.3 is 0 Å². The second-order valence-corrected chi connectivity index (χ2v) is 9.38. The zero-order chi connectivity index (χ0) is 14.8. The highest BCUT2D eigenvalue weighted by Gasteiger charge is 2.26.